The normalized spacial score (nSPS) is 11.5. The van der Waals surface area contributed by atoms with E-state index in [-0.39, 0.29) is 11.3 Å². The van der Waals surface area contributed by atoms with Crippen molar-refractivity contribution in [1.29, 1.82) is 0 Å². The van der Waals surface area contributed by atoms with Crippen molar-refractivity contribution in [1.82, 2.24) is 4.57 Å². The fraction of sp³-hybridized carbons (Fsp3) is 0.214. The van der Waals surface area contributed by atoms with E-state index >= 15 is 0 Å². The molecule has 1 aromatic heterocycles. The van der Waals surface area contributed by atoms with E-state index in [1.54, 1.807) is 23.9 Å². The Morgan fingerprint density at radius 2 is 1.95 bits per heavy atom. The third-order valence-electron chi connectivity index (χ3n) is 3.01. The van der Waals surface area contributed by atoms with Gasteiger partial charge in [0.2, 0.25) is 0 Å². The van der Waals surface area contributed by atoms with Crippen LogP contribution in [-0.2, 0) is 13.2 Å². The van der Waals surface area contributed by atoms with Crippen LogP contribution in [0, 0.1) is 6.92 Å². The Hall–Kier alpha value is -1.76. The zero-order chi connectivity index (χ0) is 15.8. The maximum absolute atomic E-state index is 12.8. The first-order valence-corrected chi connectivity index (χ1v) is 6.79. The van der Waals surface area contributed by atoms with Gasteiger partial charge in [0.05, 0.1) is 5.56 Å². The van der Waals surface area contributed by atoms with Crippen LogP contribution in [-0.4, -0.2) is 10.5 Å². The van der Waals surface area contributed by atoms with Crippen molar-refractivity contribution in [2.75, 3.05) is 5.32 Å². The Kier molecular flexibility index (Phi) is 4.13. The number of alkyl halides is 3. The van der Waals surface area contributed by atoms with Crippen LogP contribution in [0.1, 0.15) is 21.6 Å². The van der Waals surface area contributed by atoms with Gasteiger partial charge in [0, 0.05) is 23.4 Å². The number of nitrogens with one attached hydrogen (secondary N) is 1. The first-order valence-electron chi connectivity index (χ1n) is 5.99. The Labute approximate surface area is 127 Å². The number of anilines is 1. The van der Waals surface area contributed by atoms with E-state index in [2.05, 4.69) is 21.2 Å². The Bertz CT molecular complexity index is 692. The highest BCUT2D eigenvalue weighted by atomic mass is 79.9. The number of rotatable bonds is 2. The SMILES string of the molecule is Cc1ccc(NC(=O)c2cc(Br)cn2C)cc1C(F)(F)F. The molecule has 0 aliphatic carbocycles. The van der Waals surface area contributed by atoms with Gasteiger partial charge in [-0.1, -0.05) is 6.07 Å². The lowest BCUT2D eigenvalue weighted by atomic mass is 10.1. The molecule has 1 heterocycles. The third kappa shape index (κ3) is 3.47. The Morgan fingerprint density at radius 1 is 1.29 bits per heavy atom. The molecule has 0 radical (unpaired) electrons. The first kappa shape index (κ1) is 15.6. The fourth-order valence-electron chi connectivity index (χ4n) is 1.95. The smallest absolute Gasteiger partial charge is 0.345 e. The topological polar surface area (TPSA) is 34.0 Å². The van der Waals surface area contributed by atoms with E-state index in [0.717, 1.165) is 10.5 Å². The molecule has 0 aliphatic rings. The minimum Gasteiger partial charge on any atom is -0.345 e. The summed E-state index contributed by atoms with van der Waals surface area (Å²) in [4.78, 5) is 12.1. The Balaban J connectivity index is 2.28. The van der Waals surface area contributed by atoms with Crippen LogP contribution in [0.25, 0.3) is 0 Å². The lowest BCUT2D eigenvalue weighted by molar-refractivity contribution is -0.138. The molecular formula is C14H12BrF3N2O. The van der Waals surface area contributed by atoms with Crippen molar-refractivity contribution in [3.8, 4) is 0 Å². The molecule has 1 aromatic carbocycles. The summed E-state index contributed by atoms with van der Waals surface area (Å²) >= 11 is 3.23. The van der Waals surface area contributed by atoms with Gasteiger partial charge in [-0.2, -0.15) is 13.2 Å². The molecule has 21 heavy (non-hydrogen) atoms. The number of carbonyl (C=O) groups excluding carboxylic acids is 1. The summed E-state index contributed by atoms with van der Waals surface area (Å²) < 4.78 is 40.8. The molecule has 0 saturated heterocycles. The van der Waals surface area contributed by atoms with Gasteiger partial charge in [-0.25, -0.2) is 0 Å². The molecule has 0 spiro atoms. The molecule has 2 aromatic rings. The number of hydrogen-bond acceptors (Lipinski definition) is 1. The minimum atomic E-state index is -4.45. The quantitative estimate of drug-likeness (QED) is 0.847. The van der Waals surface area contributed by atoms with E-state index in [9.17, 15) is 18.0 Å². The summed E-state index contributed by atoms with van der Waals surface area (Å²) in [6, 6.07) is 5.30. The zero-order valence-electron chi connectivity index (χ0n) is 11.3. The van der Waals surface area contributed by atoms with Crippen LogP contribution in [0.4, 0.5) is 18.9 Å². The van der Waals surface area contributed by atoms with Crippen molar-refractivity contribution in [3.05, 3.63) is 51.8 Å². The van der Waals surface area contributed by atoms with Crippen LogP contribution in [0.3, 0.4) is 0 Å². The molecule has 7 heteroatoms. The molecule has 0 bridgehead atoms. The van der Waals surface area contributed by atoms with Crippen molar-refractivity contribution < 1.29 is 18.0 Å². The molecule has 1 amide bonds. The highest BCUT2D eigenvalue weighted by Gasteiger charge is 2.32. The maximum Gasteiger partial charge on any atom is 0.416 e. The van der Waals surface area contributed by atoms with Crippen LogP contribution in [0.5, 0.6) is 0 Å². The van der Waals surface area contributed by atoms with Gasteiger partial charge in [-0.05, 0) is 46.6 Å². The highest BCUT2D eigenvalue weighted by molar-refractivity contribution is 9.10. The van der Waals surface area contributed by atoms with Crippen molar-refractivity contribution >= 4 is 27.5 Å². The maximum atomic E-state index is 12.8. The average Bonchev–Trinajstić information content (AvgIpc) is 2.69. The first-order chi connectivity index (χ1) is 9.68. The predicted molar refractivity (Wildman–Crippen MR) is 77.2 cm³/mol. The standard InChI is InChI=1S/C14H12BrF3N2O/c1-8-3-4-10(6-11(8)14(16,17)18)19-13(21)12-5-9(15)7-20(12)2/h3-7H,1-2H3,(H,19,21). The molecule has 0 aliphatic heterocycles. The second kappa shape index (κ2) is 5.55. The summed E-state index contributed by atoms with van der Waals surface area (Å²) in [6.07, 6.45) is -2.76. The average molecular weight is 361 g/mol. The number of hydrogen-bond donors (Lipinski definition) is 1. The molecule has 2 rings (SSSR count). The second-order valence-electron chi connectivity index (χ2n) is 4.64. The lowest BCUT2D eigenvalue weighted by Crippen LogP contribution is -2.16. The minimum absolute atomic E-state index is 0.107. The van der Waals surface area contributed by atoms with E-state index in [1.165, 1.54) is 19.1 Å². The monoisotopic (exact) mass is 360 g/mol. The number of aromatic nitrogens is 1. The van der Waals surface area contributed by atoms with Gasteiger partial charge in [0.25, 0.3) is 5.91 Å². The van der Waals surface area contributed by atoms with E-state index in [1.807, 2.05) is 0 Å². The van der Waals surface area contributed by atoms with Crippen LogP contribution in [0.15, 0.2) is 34.9 Å². The van der Waals surface area contributed by atoms with E-state index < -0.39 is 17.6 Å². The van der Waals surface area contributed by atoms with Crippen molar-refractivity contribution in [3.63, 3.8) is 0 Å². The van der Waals surface area contributed by atoms with Gasteiger partial charge in [0.1, 0.15) is 5.69 Å². The number of nitrogens with zero attached hydrogens (tertiary/aromatic N) is 1. The summed E-state index contributed by atoms with van der Waals surface area (Å²) in [7, 11) is 1.68. The summed E-state index contributed by atoms with van der Waals surface area (Å²) in [5.41, 5.74) is -0.193. The molecule has 0 fully saturated rings. The number of carbonyl (C=O) groups is 1. The molecule has 0 saturated carbocycles. The van der Waals surface area contributed by atoms with Gasteiger partial charge in [-0.3, -0.25) is 4.79 Å². The van der Waals surface area contributed by atoms with Gasteiger partial charge in [-0.15, -0.1) is 0 Å². The molecule has 3 nitrogen and oxygen atoms in total. The van der Waals surface area contributed by atoms with Crippen molar-refractivity contribution in [2.24, 2.45) is 7.05 Å². The zero-order valence-corrected chi connectivity index (χ0v) is 12.8. The predicted octanol–water partition coefficient (Wildman–Crippen LogP) is 4.37. The number of aryl methyl sites for hydroxylation is 2. The number of amides is 1. The third-order valence-corrected chi connectivity index (χ3v) is 3.44. The molecule has 112 valence electrons. The largest absolute Gasteiger partial charge is 0.416 e. The summed E-state index contributed by atoms with van der Waals surface area (Å²) in [6.45, 7) is 1.38. The summed E-state index contributed by atoms with van der Waals surface area (Å²) in [5, 5.41) is 2.47. The van der Waals surface area contributed by atoms with Gasteiger partial charge in [0.15, 0.2) is 0 Å². The molecular weight excluding hydrogens is 349 g/mol. The van der Waals surface area contributed by atoms with Gasteiger partial charge >= 0.3 is 6.18 Å². The second-order valence-corrected chi connectivity index (χ2v) is 5.55. The van der Waals surface area contributed by atoms with Crippen LogP contribution < -0.4 is 5.32 Å². The number of halogens is 4. The van der Waals surface area contributed by atoms with Crippen LogP contribution >= 0.6 is 15.9 Å². The number of benzene rings is 1. The molecule has 0 unspecified atom stereocenters. The van der Waals surface area contributed by atoms with Crippen LogP contribution in [0.2, 0.25) is 0 Å². The summed E-state index contributed by atoms with van der Waals surface area (Å²) in [5.74, 6) is -0.472. The highest BCUT2D eigenvalue weighted by Crippen LogP contribution is 2.33. The molecule has 0 atom stereocenters. The van der Waals surface area contributed by atoms with Gasteiger partial charge < -0.3 is 9.88 Å². The van der Waals surface area contributed by atoms with E-state index in [0.29, 0.717) is 5.69 Å². The lowest BCUT2D eigenvalue weighted by Gasteiger charge is -2.13. The fourth-order valence-corrected chi connectivity index (χ4v) is 2.47. The molecule has 1 N–H and O–H groups in total. The van der Waals surface area contributed by atoms with Crippen molar-refractivity contribution in [2.45, 2.75) is 13.1 Å². The van der Waals surface area contributed by atoms with E-state index in [4.69, 9.17) is 0 Å². The Morgan fingerprint density at radius 3 is 2.48 bits per heavy atom.